The Morgan fingerprint density at radius 1 is 0.750 bits per heavy atom. The molecule has 0 aromatic rings. The summed E-state index contributed by atoms with van der Waals surface area (Å²) >= 11 is 0. The lowest BCUT2D eigenvalue weighted by atomic mass is 10.2. The molecular formula is C6H6O8S2. The van der Waals surface area contributed by atoms with E-state index in [2.05, 4.69) is 0 Å². The number of hydrogen-bond donors (Lipinski definition) is 2. The van der Waals surface area contributed by atoms with Crippen molar-refractivity contribution in [2.75, 3.05) is 0 Å². The van der Waals surface area contributed by atoms with E-state index >= 15 is 0 Å². The third-order valence-electron chi connectivity index (χ3n) is 1.46. The van der Waals surface area contributed by atoms with E-state index in [4.69, 9.17) is 10.2 Å². The van der Waals surface area contributed by atoms with Crippen molar-refractivity contribution in [2.45, 2.75) is 12.8 Å². The molecule has 0 spiro atoms. The fraction of sp³-hybridized carbons (Fsp3) is 0.333. The quantitative estimate of drug-likeness (QED) is 0.548. The summed E-state index contributed by atoms with van der Waals surface area (Å²) in [7, 11) is -6.03. The van der Waals surface area contributed by atoms with Crippen LogP contribution in [0.4, 0.5) is 0 Å². The van der Waals surface area contributed by atoms with E-state index in [1.165, 1.54) is 0 Å². The van der Waals surface area contributed by atoms with E-state index in [-0.39, 0.29) is 0 Å². The zero-order valence-corrected chi connectivity index (χ0v) is 9.21. The normalized spacial score (nSPS) is 9.25. The molecule has 0 unspecified atom stereocenters. The summed E-state index contributed by atoms with van der Waals surface area (Å²) in [4.78, 5) is 18.8. The lowest BCUT2D eigenvalue weighted by Gasteiger charge is -1.95. The maximum atomic E-state index is 10.4. The van der Waals surface area contributed by atoms with Crippen molar-refractivity contribution in [2.24, 2.45) is 0 Å². The smallest absolute Gasteiger partial charge is 0.347 e. The Balaban J connectivity index is 5.10. The molecule has 0 amide bonds. The Kier molecular flexibility index (Phi) is 5.39. The van der Waals surface area contributed by atoms with Crippen LogP contribution in [0.15, 0.2) is 0 Å². The number of aliphatic carboxylic acids is 2. The molecule has 0 aromatic heterocycles. The van der Waals surface area contributed by atoms with Crippen LogP contribution in [0.5, 0.6) is 0 Å². The van der Waals surface area contributed by atoms with Gasteiger partial charge in [-0.25, -0.2) is 9.59 Å². The summed E-state index contributed by atoms with van der Waals surface area (Å²) in [6.07, 6.45) is -1.39. The van der Waals surface area contributed by atoms with Crippen molar-refractivity contribution < 1.29 is 36.6 Å². The van der Waals surface area contributed by atoms with Gasteiger partial charge >= 0.3 is 11.9 Å². The van der Waals surface area contributed by atoms with E-state index in [0.29, 0.717) is 0 Å². The van der Waals surface area contributed by atoms with Crippen molar-refractivity contribution in [3.05, 3.63) is 0 Å². The predicted molar refractivity (Wildman–Crippen MR) is 52.4 cm³/mol. The Hall–Kier alpha value is -1.68. The van der Waals surface area contributed by atoms with Gasteiger partial charge in [0.2, 0.25) is 20.6 Å². The predicted octanol–water partition coefficient (Wildman–Crippen LogP) is -1.96. The second kappa shape index (κ2) is 6.02. The third-order valence-corrected chi connectivity index (χ3v) is 3.02. The van der Waals surface area contributed by atoms with Gasteiger partial charge in [-0.1, -0.05) is 0 Å². The number of carboxylic acids is 2. The molecule has 0 fully saturated rings. The monoisotopic (exact) mass is 270 g/mol. The van der Waals surface area contributed by atoms with Crippen molar-refractivity contribution in [3.63, 3.8) is 0 Å². The molecule has 2 N–H and O–H groups in total. The fourth-order valence-electron chi connectivity index (χ4n) is 0.750. The van der Waals surface area contributed by atoms with Crippen molar-refractivity contribution >= 4 is 42.3 Å². The molecule has 16 heavy (non-hydrogen) atoms. The van der Waals surface area contributed by atoms with E-state index in [9.17, 15) is 26.4 Å². The SMILES string of the molecule is O=C(O)C(CCC(C(=O)O)=S(=O)=O)=S(=O)=O. The molecule has 0 saturated carbocycles. The Bertz CT molecular complexity index is 506. The molecule has 0 heterocycles. The molecule has 0 aliphatic heterocycles. The van der Waals surface area contributed by atoms with Crippen LogP contribution < -0.4 is 0 Å². The maximum Gasteiger partial charge on any atom is 0.347 e. The van der Waals surface area contributed by atoms with Crippen LogP contribution in [0.2, 0.25) is 0 Å². The van der Waals surface area contributed by atoms with Crippen molar-refractivity contribution in [3.8, 4) is 0 Å². The van der Waals surface area contributed by atoms with Crippen LogP contribution in [0.1, 0.15) is 12.8 Å². The minimum Gasteiger partial charge on any atom is -0.477 e. The summed E-state index contributed by atoms with van der Waals surface area (Å²) < 4.78 is 41.5. The average Bonchev–Trinajstić information content (AvgIpc) is 2.09. The van der Waals surface area contributed by atoms with E-state index < -0.39 is 55.1 Å². The topological polar surface area (TPSA) is 143 Å². The van der Waals surface area contributed by atoms with Gasteiger partial charge in [0, 0.05) is 0 Å². The summed E-state index contributed by atoms with van der Waals surface area (Å²) in [5.74, 6) is -3.48. The first-order valence-electron chi connectivity index (χ1n) is 3.64. The first-order valence-corrected chi connectivity index (χ1v) is 5.79. The number of rotatable bonds is 5. The molecule has 0 radical (unpaired) electrons. The van der Waals surface area contributed by atoms with Crippen molar-refractivity contribution in [1.29, 1.82) is 0 Å². The van der Waals surface area contributed by atoms with E-state index in [1.807, 2.05) is 0 Å². The van der Waals surface area contributed by atoms with Gasteiger partial charge in [0.05, 0.1) is 0 Å². The highest BCUT2D eigenvalue weighted by Crippen LogP contribution is 1.95. The van der Waals surface area contributed by atoms with Crippen LogP contribution in [0, 0.1) is 0 Å². The average molecular weight is 270 g/mol. The van der Waals surface area contributed by atoms with Crippen LogP contribution in [-0.2, 0) is 30.2 Å². The van der Waals surface area contributed by atoms with E-state index in [0.717, 1.165) is 0 Å². The van der Waals surface area contributed by atoms with Gasteiger partial charge in [0.1, 0.15) is 0 Å². The zero-order valence-electron chi connectivity index (χ0n) is 7.57. The highest BCUT2D eigenvalue weighted by atomic mass is 32.2. The van der Waals surface area contributed by atoms with Crippen molar-refractivity contribution in [1.82, 2.24) is 0 Å². The molecule has 10 heteroatoms. The molecule has 0 saturated heterocycles. The fourth-order valence-corrected chi connectivity index (χ4v) is 1.57. The molecule has 90 valence electrons. The first kappa shape index (κ1) is 14.3. The largest absolute Gasteiger partial charge is 0.477 e. The van der Waals surface area contributed by atoms with Gasteiger partial charge in [-0.15, -0.1) is 0 Å². The lowest BCUT2D eigenvalue weighted by Crippen LogP contribution is -2.20. The first-order chi connectivity index (χ1) is 7.27. The molecule has 8 nitrogen and oxygen atoms in total. The Morgan fingerprint density at radius 2 is 1.00 bits per heavy atom. The minimum atomic E-state index is -3.02. The van der Waals surface area contributed by atoms with Gasteiger partial charge in [0.25, 0.3) is 0 Å². The Morgan fingerprint density at radius 3 is 1.12 bits per heavy atom. The second-order valence-corrected chi connectivity index (χ2v) is 4.35. The summed E-state index contributed by atoms with van der Waals surface area (Å²) in [6, 6.07) is 0. The number of carboxylic acid groups (broad SMARTS) is 2. The van der Waals surface area contributed by atoms with Gasteiger partial charge in [-0.2, -0.15) is 16.8 Å². The van der Waals surface area contributed by atoms with Crippen LogP contribution >= 0.6 is 0 Å². The Labute approximate surface area is 92.2 Å². The van der Waals surface area contributed by atoms with Gasteiger partial charge < -0.3 is 10.2 Å². The zero-order chi connectivity index (χ0) is 12.9. The molecule has 0 atom stereocenters. The van der Waals surface area contributed by atoms with Gasteiger partial charge in [0.15, 0.2) is 9.73 Å². The summed E-state index contributed by atoms with van der Waals surface area (Å²) in [5.41, 5.74) is 0. The standard InChI is InChI=1S/C6H6O8S2/c7-5(8)3(15(11)12)1-2-4(6(9)10)16(13)14/h1-2H2,(H,7,8)(H,9,10). The molecule has 0 aliphatic carbocycles. The molecule has 0 aliphatic rings. The highest BCUT2D eigenvalue weighted by Gasteiger charge is 2.17. The third kappa shape index (κ3) is 4.23. The maximum absolute atomic E-state index is 10.4. The second-order valence-electron chi connectivity index (χ2n) is 2.43. The molecule has 0 bridgehead atoms. The summed E-state index contributed by atoms with van der Waals surface area (Å²) in [6.45, 7) is 0. The molecule has 0 aromatic carbocycles. The van der Waals surface area contributed by atoms with E-state index in [1.54, 1.807) is 0 Å². The van der Waals surface area contributed by atoms with Gasteiger partial charge in [-0.05, 0) is 12.8 Å². The summed E-state index contributed by atoms with van der Waals surface area (Å²) in [5, 5.41) is 16.8. The van der Waals surface area contributed by atoms with Gasteiger partial charge in [-0.3, -0.25) is 0 Å². The lowest BCUT2D eigenvalue weighted by molar-refractivity contribution is -0.130. The highest BCUT2D eigenvalue weighted by molar-refractivity contribution is 7.75. The number of carbonyl (C=O) groups is 2. The molecule has 0 rings (SSSR count). The van der Waals surface area contributed by atoms with Crippen LogP contribution in [-0.4, -0.2) is 48.7 Å². The minimum absolute atomic E-state index is 0.693. The van der Waals surface area contributed by atoms with Crippen LogP contribution in [0.3, 0.4) is 0 Å². The van der Waals surface area contributed by atoms with Crippen LogP contribution in [0.25, 0.3) is 0 Å². The molecular weight excluding hydrogens is 264 g/mol. The number of hydrogen-bond acceptors (Lipinski definition) is 6.